The maximum absolute atomic E-state index is 13.5. The molecule has 0 aliphatic carbocycles. The number of aromatic nitrogens is 1. The van der Waals surface area contributed by atoms with Crippen LogP contribution in [0.1, 0.15) is 18.4 Å². The summed E-state index contributed by atoms with van der Waals surface area (Å²) in [5.74, 6) is -0.648. The molecule has 0 bridgehead atoms. The summed E-state index contributed by atoms with van der Waals surface area (Å²) in [6.07, 6.45) is 0.301. The highest BCUT2D eigenvalue weighted by molar-refractivity contribution is 7.91. The number of hydrogen-bond acceptors (Lipinski definition) is 6. The van der Waals surface area contributed by atoms with Gasteiger partial charge in [-0.1, -0.05) is 29.0 Å². The number of rotatable bonds is 9. The molecule has 10 heteroatoms. The molecular weight excluding hydrogens is 473 g/mol. The first-order valence-electron chi connectivity index (χ1n) is 9.96. The van der Waals surface area contributed by atoms with Crippen molar-refractivity contribution in [3.05, 3.63) is 53.8 Å². The van der Waals surface area contributed by atoms with E-state index in [9.17, 15) is 17.6 Å². The maximum Gasteiger partial charge on any atom is 0.228 e. The number of carbonyl (C=O) groups is 1. The molecule has 32 heavy (non-hydrogen) atoms. The Labute approximate surface area is 198 Å². The Bertz CT molecular complexity index is 1160. The second-order valence-electron chi connectivity index (χ2n) is 7.69. The van der Waals surface area contributed by atoms with Crippen LogP contribution in [-0.4, -0.2) is 57.1 Å². The third-order valence-corrected chi connectivity index (χ3v) is 7.68. The minimum absolute atomic E-state index is 0. The largest absolute Gasteiger partial charge is 0.308 e. The minimum atomic E-state index is -3.45. The topological polar surface area (TPSA) is 70.6 Å². The van der Waals surface area contributed by atoms with Gasteiger partial charge in [0.2, 0.25) is 5.91 Å². The molecule has 0 atom stereocenters. The van der Waals surface area contributed by atoms with Crippen molar-refractivity contribution in [1.29, 1.82) is 0 Å². The number of thiazole rings is 1. The second-order valence-corrected chi connectivity index (χ2v) is 10.8. The number of carbonyl (C=O) groups excluding carboxylic acids is 1. The van der Waals surface area contributed by atoms with Gasteiger partial charge < -0.3 is 4.90 Å². The van der Waals surface area contributed by atoms with E-state index >= 15 is 0 Å². The van der Waals surface area contributed by atoms with Crippen LogP contribution in [-0.2, 0) is 14.6 Å². The molecule has 2 aromatic carbocycles. The highest BCUT2D eigenvalue weighted by atomic mass is 35.5. The van der Waals surface area contributed by atoms with Gasteiger partial charge in [0.15, 0.2) is 15.0 Å². The van der Waals surface area contributed by atoms with E-state index < -0.39 is 9.84 Å². The van der Waals surface area contributed by atoms with Gasteiger partial charge in [-0.05, 0) is 57.8 Å². The van der Waals surface area contributed by atoms with Crippen molar-refractivity contribution in [2.75, 3.05) is 37.8 Å². The zero-order valence-corrected chi connectivity index (χ0v) is 20.7. The van der Waals surface area contributed by atoms with E-state index in [1.807, 2.05) is 25.9 Å². The smallest absolute Gasteiger partial charge is 0.228 e. The summed E-state index contributed by atoms with van der Waals surface area (Å²) in [6.45, 7) is 2.93. The lowest BCUT2D eigenvalue weighted by molar-refractivity contribution is -0.118. The van der Waals surface area contributed by atoms with Gasteiger partial charge in [-0.3, -0.25) is 9.69 Å². The SMILES string of the molecule is Cc1ccc(S(=O)(=O)CCCC(=O)N(CCN(C)C)c2nc3ccc(F)cc3s2)cc1.Cl. The molecule has 0 N–H and O–H groups in total. The quantitative estimate of drug-likeness (QED) is 0.438. The fourth-order valence-corrected chi connectivity index (χ4v) is 5.39. The Morgan fingerprint density at radius 2 is 1.78 bits per heavy atom. The Hall–Kier alpha value is -2.07. The molecule has 0 aliphatic heterocycles. The monoisotopic (exact) mass is 499 g/mol. The number of anilines is 1. The van der Waals surface area contributed by atoms with E-state index in [-0.39, 0.29) is 47.6 Å². The van der Waals surface area contributed by atoms with Gasteiger partial charge in [-0.25, -0.2) is 17.8 Å². The van der Waals surface area contributed by atoms with Crippen LogP contribution in [0.5, 0.6) is 0 Å². The lowest BCUT2D eigenvalue weighted by atomic mass is 10.2. The van der Waals surface area contributed by atoms with Crippen LogP contribution in [0.2, 0.25) is 0 Å². The van der Waals surface area contributed by atoms with Crippen molar-refractivity contribution >= 4 is 54.8 Å². The number of aryl methyl sites for hydroxylation is 1. The van der Waals surface area contributed by atoms with E-state index in [0.717, 1.165) is 5.56 Å². The van der Waals surface area contributed by atoms with Crippen molar-refractivity contribution in [3.8, 4) is 0 Å². The second kappa shape index (κ2) is 11.2. The van der Waals surface area contributed by atoms with Gasteiger partial charge in [0.05, 0.1) is 20.9 Å². The van der Waals surface area contributed by atoms with E-state index in [2.05, 4.69) is 4.98 Å². The Kier molecular flexibility index (Phi) is 9.15. The molecule has 0 saturated carbocycles. The molecule has 0 saturated heterocycles. The van der Waals surface area contributed by atoms with Crippen LogP contribution in [0.4, 0.5) is 9.52 Å². The molecule has 3 rings (SSSR count). The third kappa shape index (κ3) is 6.71. The van der Waals surface area contributed by atoms with Crippen LogP contribution in [0.15, 0.2) is 47.4 Å². The average molecular weight is 500 g/mol. The molecule has 1 heterocycles. The van der Waals surface area contributed by atoms with Gasteiger partial charge in [0.1, 0.15) is 5.82 Å². The first-order chi connectivity index (χ1) is 14.7. The Morgan fingerprint density at radius 3 is 2.44 bits per heavy atom. The molecule has 0 unspecified atom stereocenters. The van der Waals surface area contributed by atoms with Crippen molar-refractivity contribution in [2.24, 2.45) is 0 Å². The molecule has 6 nitrogen and oxygen atoms in total. The Balaban J connectivity index is 0.00000363. The average Bonchev–Trinajstić information content (AvgIpc) is 3.10. The predicted molar refractivity (Wildman–Crippen MR) is 130 cm³/mol. The van der Waals surface area contributed by atoms with Gasteiger partial charge in [0.25, 0.3) is 0 Å². The van der Waals surface area contributed by atoms with Crippen LogP contribution >= 0.6 is 23.7 Å². The first-order valence-corrected chi connectivity index (χ1v) is 12.4. The number of halogens is 2. The number of likely N-dealkylation sites (N-methyl/N-ethyl adjacent to an activating group) is 1. The summed E-state index contributed by atoms with van der Waals surface area (Å²) in [7, 11) is 0.367. The summed E-state index contributed by atoms with van der Waals surface area (Å²) in [5.41, 5.74) is 1.62. The van der Waals surface area contributed by atoms with Crippen molar-refractivity contribution < 1.29 is 17.6 Å². The standard InChI is InChI=1S/C22H26FN3O3S2.ClH/c1-16-6-9-18(10-7-16)31(28,29)14-4-5-21(27)26(13-12-25(2)3)22-24-19-11-8-17(23)15-20(19)30-22;/h6-11,15H,4-5,12-14H2,1-3H3;1H. The van der Waals surface area contributed by atoms with E-state index in [1.54, 1.807) is 35.2 Å². The first kappa shape index (κ1) is 26.2. The molecule has 1 aromatic heterocycles. The summed E-state index contributed by atoms with van der Waals surface area (Å²) in [4.78, 5) is 21.2. The Morgan fingerprint density at radius 1 is 1.09 bits per heavy atom. The van der Waals surface area contributed by atoms with Gasteiger partial charge in [-0.15, -0.1) is 12.4 Å². The fraction of sp³-hybridized carbons (Fsp3) is 0.364. The molecule has 0 fully saturated rings. The summed E-state index contributed by atoms with van der Waals surface area (Å²) in [5, 5.41) is 0.494. The normalized spacial score (nSPS) is 11.5. The summed E-state index contributed by atoms with van der Waals surface area (Å²) in [6, 6.07) is 11.0. The van der Waals surface area contributed by atoms with Gasteiger partial charge in [-0.2, -0.15) is 0 Å². The number of amides is 1. The maximum atomic E-state index is 13.5. The number of nitrogens with zero attached hydrogens (tertiary/aromatic N) is 3. The highest BCUT2D eigenvalue weighted by Crippen LogP contribution is 2.30. The number of sulfone groups is 1. The van der Waals surface area contributed by atoms with Crippen LogP contribution in [0.25, 0.3) is 10.2 Å². The molecular formula is C22H27ClFN3O3S2. The van der Waals surface area contributed by atoms with Crippen molar-refractivity contribution in [2.45, 2.75) is 24.7 Å². The molecule has 174 valence electrons. The highest BCUT2D eigenvalue weighted by Gasteiger charge is 2.21. The third-order valence-electron chi connectivity index (χ3n) is 4.83. The van der Waals surface area contributed by atoms with Crippen LogP contribution in [0.3, 0.4) is 0 Å². The zero-order chi connectivity index (χ0) is 22.6. The molecule has 0 radical (unpaired) electrons. The van der Waals surface area contributed by atoms with Crippen LogP contribution < -0.4 is 4.90 Å². The molecule has 0 aliphatic rings. The van der Waals surface area contributed by atoms with Gasteiger partial charge in [0, 0.05) is 19.5 Å². The van der Waals surface area contributed by atoms with E-state index in [0.29, 0.717) is 28.4 Å². The van der Waals surface area contributed by atoms with E-state index in [1.165, 1.54) is 23.5 Å². The number of fused-ring (bicyclic) bond motifs is 1. The van der Waals surface area contributed by atoms with Crippen LogP contribution in [0, 0.1) is 12.7 Å². The number of hydrogen-bond donors (Lipinski definition) is 0. The summed E-state index contributed by atoms with van der Waals surface area (Å²) >= 11 is 1.25. The molecule has 3 aromatic rings. The minimum Gasteiger partial charge on any atom is -0.308 e. The lowest BCUT2D eigenvalue weighted by Crippen LogP contribution is -2.36. The predicted octanol–water partition coefficient (Wildman–Crippen LogP) is 4.31. The van der Waals surface area contributed by atoms with E-state index in [4.69, 9.17) is 0 Å². The van der Waals surface area contributed by atoms with Gasteiger partial charge >= 0.3 is 0 Å². The van der Waals surface area contributed by atoms with Crippen molar-refractivity contribution in [1.82, 2.24) is 9.88 Å². The van der Waals surface area contributed by atoms with Crippen molar-refractivity contribution in [3.63, 3.8) is 0 Å². The fourth-order valence-electron chi connectivity index (χ4n) is 3.04. The zero-order valence-electron chi connectivity index (χ0n) is 18.2. The summed E-state index contributed by atoms with van der Waals surface area (Å²) < 4.78 is 39.3. The molecule has 1 amide bonds. The lowest BCUT2D eigenvalue weighted by Gasteiger charge is -2.22. The molecule has 0 spiro atoms. The number of benzene rings is 2.